The summed E-state index contributed by atoms with van der Waals surface area (Å²) in [5, 5.41) is 5.59. The van der Waals surface area contributed by atoms with Crippen LogP contribution in [0.15, 0.2) is 48.7 Å². The van der Waals surface area contributed by atoms with Crippen molar-refractivity contribution >= 4 is 16.6 Å². The van der Waals surface area contributed by atoms with Gasteiger partial charge in [-0.3, -0.25) is 4.68 Å². The van der Waals surface area contributed by atoms with Crippen LogP contribution in [-0.4, -0.2) is 35.6 Å². The van der Waals surface area contributed by atoms with Crippen LogP contribution in [0.25, 0.3) is 22.0 Å². The second-order valence-corrected chi connectivity index (χ2v) is 6.18. The average molecular weight is 307 g/mol. The molecule has 1 aliphatic heterocycles. The quantitative estimate of drug-likeness (QED) is 0.726. The maximum atomic E-state index is 5.65. The predicted octanol–water partition coefficient (Wildman–Crippen LogP) is 3.47. The lowest BCUT2D eigenvalue weighted by Crippen LogP contribution is -2.41. The number of benzene rings is 2. The maximum Gasteiger partial charge on any atom is 0.0722 e. The van der Waals surface area contributed by atoms with Crippen molar-refractivity contribution in [3.8, 4) is 11.1 Å². The minimum Gasteiger partial charge on any atom is -0.375 e. The van der Waals surface area contributed by atoms with Crippen molar-refractivity contribution in [1.82, 2.24) is 9.78 Å². The third-order valence-electron chi connectivity index (χ3n) is 4.56. The number of ether oxygens (including phenoxy) is 1. The molecule has 1 fully saturated rings. The molecule has 1 saturated heterocycles. The van der Waals surface area contributed by atoms with Crippen LogP contribution >= 0.6 is 0 Å². The summed E-state index contributed by atoms with van der Waals surface area (Å²) in [6, 6.07) is 15.2. The molecule has 0 N–H and O–H groups in total. The number of aryl methyl sites for hydroxylation is 1. The fourth-order valence-electron chi connectivity index (χ4n) is 3.35. The Labute approximate surface area is 136 Å². The minimum absolute atomic E-state index is 0.286. The van der Waals surface area contributed by atoms with Crippen LogP contribution in [0.1, 0.15) is 6.92 Å². The maximum absolute atomic E-state index is 5.65. The molecule has 23 heavy (non-hydrogen) atoms. The Hall–Kier alpha value is -2.33. The van der Waals surface area contributed by atoms with Crippen molar-refractivity contribution in [1.29, 1.82) is 0 Å². The molecule has 0 aliphatic carbocycles. The normalized spacial score (nSPS) is 18.5. The molecule has 1 atom stereocenters. The zero-order valence-electron chi connectivity index (χ0n) is 13.6. The van der Waals surface area contributed by atoms with E-state index >= 15 is 0 Å². The van der Waals surface area contributed by atoms with Gasteiger partial charge in [0.1, 0.15) is 0 Å². The molecule has 1 unspecified atom stereocenters. The first-order chi connectivity index (χ1) is 11.2. The fraction of sp³-hybridized carbons (Fsp3) is 0.316. The standard InChI is InChI=1S/C19H21N3O/c1-14-13-22(9-10-23-14)16-6-3-5-15(11-16)17-7-4-8-19-18(17)12-20-21(19)2/h3-8,11-12,14H,9-10,13H2,1-2H3. The van der Waals surface area contributed by atoms with Crippen LogP contribution in [0.2, 0.25) is 0 Å². The summed E-state index contributed by atoms with van der Waals surface area (Å²) in [5.41, 5.74) is 4.89. The molecular formula is C19H21N3O. The van der Waals surface area contributed by atoms with Crippen LogP contribution in [0.3, 0.4) is 0 Å². The summed E-state index contributed by atoms with van der Waals surface area (Å²) in [5.74, 6) is 0. The van der Waals surface area contributed by atoms with E-state index in [1.165, 1.54) is 22.2 Å². The number of aromatic nitrogens is 2. The molecule has 1 aromatic heterocycles. The Morgan fingerprint density at radius 3 is 2.91 bits per heavy atom. The molecule has 3 aromatic rings. The minimum atomic E-state index is 0.286. The van der Waals surface area contributed by atoms with Gasteiger partial charge in [0.25, 0.3) is 0 Å². The van der Waals surface area contributed by atoms with Gasteiger partial charge in [-0.15, -0.1) is 0 Å². The lowest BCUT2D eigenvalue weighted by Gasteiger charge is -2.33. The molecule has 0 spiro atoms. The summed E-state index contributed by atoms with van der Waals surface area (Å²) in [6.45, 7) is 4.82. The number of anilines is 1. The summed E-state index contributed by atoms with van der Waals surface area (Å²) < 4.78 is 7.58. The van der Waals surface area contributed by atoms with E-state index in [-0.39, 0.29) is 6.10 Å². The lowest BCUT2D eigenvalue weighted by molar-refractivity contribution is 0.0532. The topological polar surface area (TPSA) is 30.3 Å². The van der Waals surface area contributed by atoms with E-state index in [1.807, 2.05) is 17.9 Å². The fourth-order valence-corrected chi connectivity index (χ4v) is 3.35. The molecule has 1 aliphatic rings. The number of hydrogen-bond acceptors (Lipinski definition) is 3. The largest absolute Gasteiger partial charge is 0.375 e. The van der Waals surface area contributed by atoms with E-state index < -0.39 is 0 Å². The number of hydrogen-bond donors (Lipinski definition) is 0. The summed E-state index contributed by atoms with van der Waals surface area (Å²) in [6.07, 6.45) is 2.24. The van der Waals surface area contributed by atoms with Crippen molar-refractivity contribution in [3.63, 3.8) is 0 Å². The van der Waals surface area contributed by atoms with Gasteiger partial charge >= 0.3 is 0 Å². The van der Waals surface area contributed by atoms with E-state index in [0.29, 0.717) is 0 Å². The van der Waals surface area contributed by atoms with Gasteiger partial charge in [-0.1, -0.05) is 24.3 Å². The van der Waals surface area contributed by atoms with Gasteiger partial charge in [-0.2, -0.15) is 5.10 Å². The third kappa shape index (κ3) is 2.59. The van der Waals surface area contributed by atoms with Gasteiger partial charge in [-0.25, -0.2) is 0 Å². The van der Waals surface area contributed by atoms with Gasteiger partial charge in [0, 0.05) is 31.2 Å². The molecule has 4 heteroatoms. The van der Waals surface area contributed by atoms with E-state index in [1.54, 1.807) is 0 Å². The summed E-state index contributed by atoms with van der Waals surface area (Å²) in [7, 11) is 1.98. The van der Waals surface area contributed by atoms with Gasteiger partial charge in [-0.05, 0) is 36.2 Å². The Morgan fingerprint density at radius 2 is 2.04 bits per heavy atom. The highest BCUT2D eigenvalue weighted by Crippen LogP contribution is 2.31. The lowest BCUT2D eigenvalue weighted by atomic mass is 10.0. The molecule has 4 rings (SSSR count). The van der Waals surface area contributed by atoms with Crippen LogP contribution in [0.4, 0.5) is 5.69 Å². The molecule has 4 nitrogen and oxygen atoms in total. The van der Waals surface area contributed by atoms with Crippen LogP contribution in [0.5, 0.6) is 0 Å². The van der Waals surface area contributed by atoms with Gasteiger partial charge in [0.2, 0.25) is 0 Å². The van der Waals surface area contributed by atoms with E-state index in [0.717, 1.165) is 25.2 Å². The highest BCUT2D eigenvalue weighted by atomic mass is 16.5. The number of rotatable bonds is 2. The Balaban J connectivity index is 1.75. The van der Waals surface area contributed by atoms with Crippen molar-refractivity contribution in [3.05, 3.63) is 48.7 Å². The van der Waals surface area contributed by atoms with Crippen LogP contribution < -0.4 is 4.90 Å². The first-order valence-corrected chi connectivity index (χ1v) is 8.10. The predicted molar refractivity (Wildman–Crippen MR) is 93.8 cm³/mol. The van der Waals surface area contributed by atoms with Crippen LogP contribution in [0, 0.1) is 0 Å². The first kappa shape index (κ1) is 14.3. The van der Waals surface area contributed by atoms with E-state index in [9.17, 15) is 0 Å². The van der Waals surface area contributed by atoms with Gasteiger partial charge in [0.05, 0.1) is 24.4 Å². The number of fused-ring (bicyclic) bond motifs is 1. The van der Waals surface area contributed by atoms with E-state index in [2.05, 4.69) is 59.4 Å². The molecular weight excluding hydrogens is 286 g/mol. The Kier molecular flexibility index (Phi) is 3.54. The molecule has 2 heterocycles. The monoisotopic (exact) mass is 307 g/mol. The Morgan fingerprint density at radius 1 is 1.17 bits per heavy atom. The smallest absolute Gasteiger partial charge is 0.0722 e. The molecule has 2 aromatic carbocycles. The second-order valence-electron chi connectivity index (χ2n) is 6.18. The van der Waals surface area contributed by atoms with Crippen molar-refractivity contribution < 1.29 is 4.74 Å². The average Bonchev–Trinajstić information content (AvgIpc) is 2.96. The highest BCUT2D eigenvalue weighted by molar-refractivity contribution is 5.95. The summed E-state index contributed by atoms with van der Waals surface area (Å²) in [4.78, 5) is 2.40. The second kappa shape index (κ2) is 5.70. The van der Waals surface area contributed by atoms with Crippen LogP contribution in [-0.2, 0) is 11.8 Å². The van der Waals surface area contributed by atoms with Crippen molar-refractivity contribution in [2.75, 3.05) is 24.6 Å². The highest BCUT2D eigenvalue weighted by Gasteiger charge is 2.17. The molecule has 118 valence electrons. The summed E-state index contributed by atoms with van der Waals surface area (Å²) >= 11 is 0. The molecule has 0 saturated carbocycles. The SMILES string of the molecule is CC1CN(c2cccc(-c3cccc4c3cnn4C)c2)CCO1. The van der Waals surface area contributed by atoms with E-state index in [4.69, 9.17) is 4.74 Å². The molecule has 0 radical (unpaired) electrons. The molecule has 0 bridgehead atoms. The Bertz CT molecular complexity index is 840. The third-order valence-corrected chi connectivity index (χ3v) is 4.56. The first-order valence-electron chi connectivity index (χ1n) is 8.10. The molecule has 0 amide bonds. The zero-order valence-corrected chi connectivity index (χ0v) is 13.6. The van der Waals surface area contributed by atoms with Gasteiger partial charge < -0.3 is 9.64 Å². The number of morpholine rings is 1. The van der Waals surface area contributed by atoms with Crippen molar-refractivity contribution in [2.24, 2.45) is 7.05 Å². The number of nitrogens with zero attached hydrogens (tertiary/aromatic N) is 3. The zero-order chi connectivity index (χ0) is 15.8. The van der Waals surface area contributed by atoms with Crippen molar-refractivity contribution in [2.45, 2.75) is 13.0 Å². The van der Waals surface area contributed by atoms with Gasteiger partial charge in [0.15, 0.2) is 0 Å².